The number of aromatic nitrogens is 1. The summed E-state index contributed by atoms with van der Waals surface area (Å²) in [5.74, 6) is 0.684. The van der Waals surface area contributed by atoms with Gasteiger partial charge in [0.25, 0.3) is 0 Å². The molecule has 0 aliphatic heterocycles. The lowest BCUT2D eigenvalue weighted by Crippen LogP contribution is -2.31. The quantitative estimate of drug-likeness (QED) is 0.831. The molecule has 2 rings (SSSR count). The first-order valence-corrected chi connectivity index (χ1v) is 8.63. The lowest BCUT2D eigenvalue weighted by atomic mass is 9.95. The van der Waals surface area contributed by atoms with E-state index in [9.17, 15) is 0 Å². The highest BCUT2D eigenvalue weighted by atomic mass is 32.1. The van der Waals surface area contributed by atoms with E-state index in [1.165, 1.54) is 0 Å². The van der Waals surface area contributed by atoms with E-state index in [0.717, 1.165) is 43.6 Å². The molecule has 1 aliphatic carbocycles. The molecule has 0 atom stereocenters. The predicted molar refractivity (Wildman–Crippen MR) is 97.2 cm³/mol. The fourth-order valence-electron chi connectivity index (χ4n) is 2.65. The van der Waals surface area contributed by atoms with Crippen LogP contribution in [0.1, 0.15) is 38.3 Å². The van der Waals surface area contributed by atoms with Gasteiger partial charge in [0.15, 0.2) is 5.11 Å². The fourth-order valence-corrected chi connectivity index (χ4v) is 2.89. The van der Waals surface area contributed by atoms with E-state index in [4.69, 9.17) is 21.7 Å². The van der Waals surface area contributed by atoms with Crippen LogP contribution in [0.15, 0.2) is 12.1 Å². The van der Waals surface area contributed by atoms with E-state index in [1.807, 2.05) is 31.0 Å². The summed E-state index contributed by atoms with van der Waals surface area (Å²) in [4.78, 5) is 6.53. The van der Waals surface area contributed by atoms with Crippen molar-refractivity contribution < 1.29 is 9.47 Å². The Kier molecular flexibility index (Phi) is 6.59. The standard InChI is InChI=1S/C17H27N3O2S/c1-5-20(3)17(23)19-15-10-11-16(18-12(15)2)22-14-8-6-13(21-4)7-9-14/h10-11,13-14H,5-9H2,1-4H3,(H,19,23). The van der Waals surface area contributed by atoms with Gasteiger partial charge < -0.3 is 19.7 Å². The zero-order valence-electron chi connectivity index (χ0n) is 14.5. The van der Waals surface area contributed by atoms with Crippen molar-refractivity contribution in [3.8, 4) is 5.88 Å². The zero-order valence-corrected chi connectivity index (χ0v) is 15.3. The van der Waals surface area contributed by atoms with Gasteiger partial charge in [-0.1, -0.05) is 0 Å². The topological polar surface area (TPSA) is 46.6 Å². The van der Waals surface area contributed by atoms with Crippen molar-refractivity contribution in [3.63, 3.8) is 0 Å². The number of methoxy groups -OCH3 is 1. The van der Waals surface area contributed by atoms with Crippen LogP contribution < -0.4 is 10.1 Å². The lowest BCUT2D eigenvalue weighted by molar-refractivity contribution is 0.0314. The molecule has 0 unspecified atom stereocenters. The van der Waals surface area contributed by atoms with Crippen molar-refractivity contribution in [2.24, 2.45) is 0 Å². The number of hydrogen-bond donors (Lipinski definition) is 1. The van der Waals surface area contributed by atoms with Crippen molar-refractivity contribution in [1.29, 1.82) is 0 Å². The summed E-state index contributed by atoms with van der Waals surface area (Å²) in [6, 6.07) is 3.89. The van der Waals surface area contributed by atoms with Crippen molar-refractivity contribution in [1.82, 2.24) is 9.88 Å². The molecule has 128 valence electrons. The molecular formula is C17H27N3O2S. The van der Waals surface area contributed by atoms with Crippen LogP contribution >= 0.6 is 12.2 Å². The first kappa shape index (κ1) is 17.9. The summed E-state index contributed by atoms with van der Waals surface area (Å²) in [5.41, 5.74) is 1.81. The highest BCUT2D eigenvalue weighted by molar-refractivity contribution is 7.80. The molecule has 0 aromatic carbocycles. The van der Waals surface area contributed by atoms with Crippen LogP contribution in [-0.2, 0) is 4.74 Å². The van der Waals surface area contributed by atoms with Gasteiger partial charge >= 0.3 is 0 Å². The molecule has 0 saturated heterocycles. The first-order chi connectivity index (χ1) is 11.0. The Balaban J connectivity index is 1.93. The van der Waals surface area contributed by atoms with Gasteiger partial charge in [0, 0.05) is 26.8 Å². The Morgan fingerprint density at radius 2 is 1.96 bits per heavy atom. The van der Waals surface area contributed by atoms with Crippen LogP contribution in [-0.4, -0.2) is 47.9 Å². The van der Waals surface area contributed by atoms with Crippen molar-refractivity contribution in [2.75, 3.05) is 26.0 Å². The van der Waals surface area contributed by atoms with Gasteiger partial charge in [-0.3, -0.25) is 0 Å². The number of ether oxygens (including phenoxy) is 2. The number of anilines is 1. The molecule has 0 amide bonds. The molecule has 0 spiro atoms. The number of aryl methyl sites for hydroxylation is 1. The van der Waals surface area contributed by atoms with E-state index >= 15 is 0 Å². The number of thiocarbonyl (C=S) groups is 1. The molecule has 1 heterocycles. The van der Waals surface area contributed by atoms with E-state index in [-0.39, 0.29) is 6.10 Å². The Morgan fingerprint density at radius 3 is 2.52 bits per heavy atom. The minimum Gasteiger partial charge on any atom is -0.474 e. The highest BCUT2D eigenvalue weighted by Crippen LogP contribution is 2.25. The Bertz CT molecular complexity index is 531. The van der Waals surface area contributed by atoms with Gasteiger partial charge in [0.2, 0.25) is 5.88 Å². The molecule has 5 nitrogen and oxygen atoms in total. The Labute approximate surface area is 144 Å². The molecule has 0 bridgehead atoms. The van der Waals surface area contributed by atoms with Gasteiger partial charge in [0.1, 0.15) is 6.10 Å². The summed E-state index contributed by atoms with van der Waals surface area (Å²) in [6.07, 6.45) is 4.76. The van der Waals surface area contributed by atoms with Gasteiger partial charge in [-0.2, -0.15) is 0 Å². The summed E-state index contributed by atoms with van der Waals surface area (Å²) in [7, 11) is 3.74. The van der Waals surface area contributed by atoms with Gasteiger partial charge in [-0.25, -0.2) is 4.98 Å². The van der Waals surface area contributed by atoms with E-state index in [0.29, 0.717) is 17.1 Å². The zero-order chi connectivity index (χ0) is 16.8. The minimum atomic E-state index is 0.236. The summed E-state index contributed by atoms with van der Waals surface area (Å²) in [6.45, 7) is 4.89. The minimum absolute atomic E-state index is 0.236. The van der Waals surface area contributed by atoms with Gasteiger partial charge in [-0.05, 0) is 57.8 Å². The number of nitrogens with zero attached hydrogens (tertiary/aromatic N) is 2. The van der Waals surface area contributed by atoms with Crippen LogP contribution in [0.4, 0.5) is 5.69 Å². The molecule has 1 N–H and O–H groups in total. The summed E-state index contributed by atoms with van der Waals surface area (Å²) < 4.78 is 11.4. The monoisotopic (exact) mass is 337 g/mol. The molecule has 23 heavy (non-hydrogen) atoms. The second-order valence-corrected chi connectivity index (χ2v) is 6.37. The third-order valence-electron chi connectivity index (χ3n) is 4.36. The van der Waals surface area contributed by atoms with E-state index in [2.05, 4.69) is 17.2 Å². The van der Waals surface area contributed by atoms with Crippen molar-refractivity contribution in [3.05, 3.63) is 17.8 Å². The largest absolute Gasteiger partial charge is 0.474 e. The summed E-state index contributed by atoms with van der Waals surface area (Å²) in [5, 5.41) is 3.93. The van der Waals surface area contributed by atoms with Crippen LogP contribution in [0.3, 0.4) is 0 Å². The molecule has 0 radical (unpaired) electrons. The third-order valence-corrected chi connectivity index (χ3v) is 4.78. The molecule has 1 saturated carbocycles. The average Bonchev–Trinajstić information content (AvgIpc) is 2.57. The summed E-state index contributed by atoms with van der Waals surface area (Å²) >= 11 is 5.35. The highest BCUT2D eigenvalue weighted by Gasteiger charge is 2.22. The fraction of sp³-hybridized carbons (Fsp3) is 0.647. The van der Waals surface area contributed by atoms with Crippen LogP contribution in [0.25, 0.3) is 0 Å². The van der Waals surface area contributed by atoms with E-state index in [1.54, 1.807) is 7.11 Å². The Morgan fingerprint density at radius 1 is 1.30 bits per heavy atom. The molecule has 1 aromatic heterocycles. The number of nitrogens with one attached hydrogen (secondary N) is 1. The van der Waals surface area contributed by atoms with Crippen molar-refractivity contribution >= 4 is 23.0 Å². The third kappa shape index (κ3) is 5.04. The Hall–Kier alpha value is -1.40. The van der Waals surface area contributed by atoms with Crippen LogP contribution in [0.2, 0.25) is 0 Å². The molecule has 1 fully saturated rings. The van der Waals surface area contributed by atoms with Crippen LogP contribution in [0.5, 0.6) is 5.88 Å². The van der Waals surface area contributed by atoms with Gasteiger partial charge in [-0.15, -0.1) is 0 Å². The number of rotatable bonds is 5. The SMILES string of the molecule is CCN(C)C(=S)Nc1ccc(OC2CCC(OC)CC2)nc1C. The number of hydrogen-bond acceptors (Lipinski definition) is 4. The van der Waals surface area contributed by atoms with Crippen molar-refractivity contribution in [2.45, 2.75) is 51.7 Å². The second kappa shape index (κ2) is 8.45. The van der Waals surface area contributed by atoms with Crippen LogP contribution in [0, 0.1) is 6.92 Å². The van der Waals surface area contributed by atoms with Gasteiger partial charge in [0.05, 0.1) is 17.5 Å². The molecule has 6 heteroatoms. The molecule has 1 aromatic rings. The second-order valence-electron chi connectivity index (χ2n) is 5.98. The first-order valence-electron chi connectivity index (χ1n) is 8.22. The average molecular weight is 337 g/mol. The lowest BCUT2D eigenvalue weighted by Gasteiger charge is -2.27. The van der Waals surface area contributed by atoms with E-state index < -0.39 is 0 Å². The normalized spacial score (nSPS) is 20.9. The smallest absolute Gasteiger partial charge is 0.213 e. The maximum atomic E-state index is 6.02. The predicted octanol–water partition coefficient (Wildman–Crippen LogP) is 3.37. The molecular weight excluding hydrogens is 310 g/mol. The molecule has 1 aliphatic rings. The maximum Gasteiger partial charge on any atom is 0.213 e. The maximum absolute atomic E-state index is 6.02. The number of pyridine rings is 1.